The second-order valence-corrected chi connectivity index (χ2v) is 13.7. The van der Waals surface area contributed by atoms with Crippen molar-refractivity contribution in [3.63, 3.8) is 0 Å². The van der Waals surface area contributed by atoms with E-state index < -0.39 is 67.5 Å². The van der Waals surface area contributed by atoms with Gasteiger partial charge >= 0.3 is 0 Å². The summed E-state index contributed by atoms with van der Waals surface area (Å²) < 4.78 is 64.3. The number of aliphatic hydroxyl groups excluding tert-OH is 2. The van der Waals surface area contributed by atoms with Crippen LogP contribution in [0.5, 0.6) is 0 Å². The second kappa shape index (κ2) is 11.3. The molecule has 17 nitrogen and oxygen atoms in total. The number of imidazole rings is 2. The number of fused-ring (bicyclic) bond motifs is 2. The van der Waals surface area contributed by atoms with Crippen molar-refractivity contribution < 1.29 is 37.6 Å². The van der Waals surface area contributed by atoms with Gasteiger partial charge in [0, 0.05) is 13.0 Å². The van der Waals surface area contributed by atoms with E-state index in [-0.39, 0.29) is 53.5 Å². The van der Waals surface area contributed by atoms with Crippen LogP contribution >= 0.6 is 18.8 Å². The van der Waals surface area contributed by atoms with Crippen LogP contribution in [0.25, 0.3) is 22.3 Å². The first-order valence-electron chi connectivity index (χ1n) is 13.0. The molecule has 1 unspecified atom stereocenters. The van der Waals surface area contributed by atoms with Crippen LogP contribution in [-0.4, -0.2) is 98.8 Å². The number of nitrogens with zero attached hydrogens (tertiary/aromatic N) is 7. The zero-order valence-corrected chi connectivity index (χ0v) is 23.8. The van der Waals surface area contributed by atoms with Gasteiger partial charge in [-0.15, -0.1) is 0 Å². The third-order valence-corrected chi connectivity index (χ3v) is 10.4. The highest BCUT2D eigenvalue weighted by molar-refractivity contribution is 8.46. The van der Waals surface area contributed by atoms with Gasteiger partial charge in [0.15, 0.2) is 41.3 Å². The lowest BCUT2D eigenvalue weighted by atomic mass is 10.1. The number of aliphatic hydroxyl groups is 2. The number of rotatable bonds is 9. The Morgan fingerprint density at radius 2 is 1.72 bits per heavy atom. The molecular formula is C22H27F2N10O7PS. The van der Waals surface area contributed by atoms with E-state index in [1.807, 2.05) is 0 Å². The molecule has 0 radical (unpaired) electrons. The smallest absolute Gasteiger partial charge is 0.280 e. The van der Waals surface area contributed by atoms with Gasteiger partial charge in [0.05, 0.1) is 31.5 Å². The van der Waals surface area contributed by atoms with Crippen LogP contribution < -0.4 is 17.0 Å². The summed E-state index contributed by atoms with van der Waals surface area (Å²) in [6.45, 7) is -5.01. The molecule has 43 heavy (non-hydrogen) atoms. The minimum absolute atomic E-state index is 0.0528. The lowest BCUT2D eigenvalue weighted by molar-refractivity contribution is -0.0305. The Morgan fingerprint density at radius 1 is 1.02 bits per heavy atom. The molecule has 0 aliphatic carbocycles. The summed E-state index contributed by atoms with van der Waals surface area (Å²) in [5.41, 5.74) is 9.54. The fourth-order valence-corrected chi connectivity index (χ4v) is 7.97. The summed E-state index contributed by atoms with van der Waals surface area (Å²) in [5.74, 6) is -0.148. The van der Waals surface area contributed by atoms with Crippen molar-refractivity contribution in [3.8, 4) is 0 Å². The number of aromatic amines is 1. The monoisotopic (exact) mass is 644 g/mol. The number of nitrogens with one attached hydrogen (secondary N) is 1. The van der Waals surface area contributed by atoms with Gasteiger partial charge in [-0.05, 0) is 6.42 Å². The predicted octanol–water partition coefficient (Wildman–Crippen LogP) is 0.236. The highest BCUT2D eigenvalue weighted by atomic mass is 32.7. The summed E-state index contributed by atoms with van der Waals surface area (Å²) in [4.78, 5) is 34.6. The number of nitrogens with two attached hydrogens (primary N) is 2. The van der Waals surface area contributed by atoms with Crippen LogP contribution in [0.2, 0.25) is 0 Å². The summed E-state index contributed by atoms with van der Waals surface area (Å²) >= 11 is 4.20. The number of ether oxygens (including phenoxy) is 2. The maximum atomic E-state index is 15.7. The molecule has 6 heterocycles. The first kappa shape index (κ1) is 29.8. The zero-order valence-electron chi connectivity index (χ0n) is 22.1. The third-order valence-electron chi connectivity index (χ3n) is 7.44. The molecule has 9 atom stereocenters. The molecule has 21 heteroatoms. The molecule has 0 amide bonds. The van der Waals surface area contributed by atoms with Crippen LogP contribution in [0.1, 0.15) is 25.3 Å². The van der Waals surface area contributed by atoms with Crippen molar-refractivity contribution in [3.05, 3.63) is 29.3 Å². The molecule has 232 valence electrons. The number of thiol groups is 1. The number of halogens is 2. The SMILES string of the molecule is Nc1nc2c(ncn2[C@@H]2O[C@H](CCO)[C@@H](F)[C@H]2P(=O)(S)OCC[C@H]2O[C@@H](n3cnc4c(N)ncnc43)[C@@H](F)[C@@H]2O)c(=O)[nH]1. The lowest BCUT2D eigenvalue weighted by Gasteiger charge is -2.26. The van der Waals surface area contributed by atoms with Crippen molar-refractivity contribution in [1.82, 2.24) is 39.0 Å². The van der Waals surface area contributed by atoms with Crippen molar-refractivity contribution in [1.29, 1.82) is 0 Å². The number of nitrogen functional groups attached to an aromatic ring is 2. The van der Waals surface area contributed by atoms with E-state index in [9.17, 15) is 19.6 Å². The molecule has 2 saturated heterocycles. The molecule has 2 aliphatic rings. The molecule has 0 bridgehead atoms. The van der Waals surface area contributed by atoms with Gasteiger partial charge < -0.3 is 35.7 Å². The van der Waals surface area contributed by atoms with E-state index in [0.717, 1.165) is 6.33 Å². The summed E-state index contributed by atoms with van der Waals surface area (Å²) in [7, 11) is 0. The Kier molecular flexibility index (Phi) is 7.86. The highest BCUT2D eigenvalue weighted by Crippen LogP contribution is 2.64. The predicted molar refractivity (Wildman–Crippen MR) is 149 cm³/mol. The fourth-order valence-electron chi connectivity index (χ4n) is 5.38. The molecular weight excluding hydrogens is 617 g/mol. The number of H-pyrrole nitrogens is 1. The van der Waals surface area contributed by atoms with E-state index in [1.54, 1.807) is 0 Å². The normalized spacial score (nSPS) is 30.8. The van der Waals surface area contributed by atoms with E-state index in [0.29, 0.717) is 0 Å². The second-order valence-electron chi connectivity index (χ2n) is 10.1. The Balaban J connectivity index is 1.19. The average molecular weight is 645 g/mol. The van der Waals surface area contributed by atoms with Gasteiger partial charge in [0.25, 0.3) is 12.1 Å². The van der Waals surface area contributed by atoms with Gasteiger partial charge in [-0.3, -0.25) is 23.5 Å². The van der Waals surface area contributed by atoms with E-state index in [4.69, 9.17) is 25.5 Å². The molecule has 0 aromatic carbocycles. The van der Waals surface area contributed by atoms with E-state index in [2.05, 4.69) is 42.2 Å². The number of alkyl halides is 2. The summed E-state index contributed by atoms with van der Waals surface area (Å²) in [5, 5.41) is 20.0. The van der Waals surface area contributed by atoms with Gasteiger partial charge in [-0.25, -0.2) is 28.7 Å². The van der Waals surface area contributed by atoms with Crippen LogP contribution in [-0.2, 0) is 18.6 Å². The zero-order chi connectivity index (χ0) is 30.6. The summed E-state index contributed by atoms with van der Waals surface area (Å²) in [6.07, 6.45) is -7.05. The number of aromatic nitrogens is 8. The number of hydrogen-bond donors (Lipinski definition) is 6. The molecule has 7 N–H and O–H groups in total. The quantitative estimate of drug-likeness (QED) is 0.106. The Labute approximate surface area is 245 Å². The van der Waals surface area contributed by atoms with Crippen LogP contribution in [0, 0.1) is 0 Å². The van der Waals surface area contributed by atoms with Crippen molar-refractivity contribution in [2.24, 2.45) is 0 Å². The Hall–Kier alpha value is -3.26. The van der Waals surface area contributed by atoms with Crippen LogP contribution in [0.3, 0.4) is 0 Å². The minimum Gasteiger partial charge on any atom is -0.396 e. The average Bonchev–Trinajstić information content (AvgIpc) is 3.71. The molecule has 4 aromatic rings. The van der Waals surface area contributed by atoms with Gasteiger partial charge in [-0.2, -0.15) is 4.98 Å². The van der Waals surface area contributed by atoms with Gasteiger partial charge in [0.2, 0.25) is 5.95 Å². The fraction of sp³-hybridized carbons (Fsp3) is 0.545. The first-order valence-corrected chi connectivity index (χ1v) is 15.9. The Morgan fingerprint density at radius 3 is 2.47 bits per heavy atom. The molecule has 0 saturated carbocycles. The maximum absolute atomic E-state index is 15.7. The molecule has 2 fully saturated rings. The van der Waals surface area contributed by atoms with Crippen molar-refractivity contribution >= 4 is 52.9 Å². The van der Waals surface area contributed by atoms with Crippen LogP contribution in [0.15, 0.2) is 23.8 Å². The number of hydrogen-bond acceptors (Lipinski definition) is 14. The summed E-state index contributed by atoms with van der Waals surface area (Å²) in [6, 6.07) is 0. The third kappa shape index (κ3) is 5.15. The van der Waals surface area contributed by atoms with Crippen LogP contribution in [0.4, 0.5) is 20.5 Å². The molecule has 0 spiro atoms. The minimum atomic E-state index is -4.21. The number of anilines is 2. The first-order chi connectivity index (χ1) is 20.5. The topological polar surface area (TPSA) is 244 Å². The molecule has 6 rings (SSSR count). The standard InChI is InChI=1S/C22H27F2N10O7PS/c23-10-8(1-3-35)40-21(34-7-30-13-18(34)31-22(26)32-19(13)37)15(10)42(38,43)39-4-2-9-14(36)11(24)20(41-9)33-6-29-12-16(25)27-5-28-17(12)33/h5-11,14-15,20-21,35-36H,1-4H2,(H,38,43)(H2,25,27,28)(H3,26,31,32,37)/t8-,9-,10-,11+,14-,15-,20-,21-,42?/m1/s1. The molecule has 2 aliphatic heterocycles. The van der Waals surface area contributed by atoms with E-state index >= 15 is 8.78 Å². The molecule has 4 aromatic heterocycles. The maximum Gasteiger partial charge on any atom is 0.280 e. The van der Waals surface area contributed by atoms with Gasteiger partial charge in [0.1, 0.15) is 29.8 Å². The van der Waals surface area contributed by atoms with E-state index in [1.165, 1.54) is 21.8 Å². The largest absolute Gasteiger partial charge is 0.396 e. The Bertz CT molecular complexity index is 1760. The van der Waals surface area contributed by atoms with Crippen molar-refractivity contribution in [2.75, 3.05) is 24.7 Å². The van der Waals surface area contributed by atoms with Crippen molar-refractivity contribution in [2.45, 2.75) is 61.6 Å². The highest BCUT2D eigenvalue weighted by Gasteiger charge is 2.55. The lowest BCUT2D eigenvalue weighted by Crippen LogP contribution is -2.30. The van der Waals surface area contributed by atoms with Gasteiger partial charge in [-0.1, -0.05) is 12.2 Å².